The van der Waals surface area contributed by atoms with Crippen LogP contribution < -0.4 is 5.73 Å². The monoisotopic (exact) mass is 165 g/mol. The van der Waals surface area contributed by atoms with Gasteiger partial charge in [0.15, 0.2) is 0 Å². The minimum Gasteiger partial charge on any atom is -0.375 e. The van der Waals surface area contributed by atoms with E-state index < -0.39 is 18.6 Å². The number of alkyl halides is 2. The second kappa shape index (κ2) is 3.03. The zero-order valence-electron chi connectivity index (χ0n) is 6.52. The predicted molar refractivity (Wildman–Crippen MR) is 37.5 cm³/mol. The lowest BCUT2D eigenvalue weighted by Crippen LogP contribution is -2.43. The predicted octanol–water partition coefficient (Wildman–Crippen LogP) is 1.01. The summed E-state index contributed by atoms with van der Waals surface area (Å²) in [5.74, 6) is -2.82. The minimum absolute atomic E-state index is 0.0264. The van der Waals surface area contributed by atoms with Crippen LogP contribution in [0, 0.1) is 5.92 Å². The summed E-state index contributed by atoms with van der Waals surface area (Å²) < 4.78 is 30.4. The SMILES string of the molecule is COC(C1CC1)C(F)(F)CN. The summed E-state index contributed by atoms with van der Waals surface area (Å²) in [5, 5.41) is 0. The van der Waals surface area contributed by atoms with E-state index in [9.17, 15) is 8.78 Å². The van der Waals surface area contributed by atoms with E-state index in [2.05, 4.69) is 0 Å². The number of halogens is 2. The molecule has 0 heterocycles. The van der Waals surface area contributed by atoms with Crippen LogP contribution in [0.2, 0.25) is 0 Å². The van der Waals surface area contributed by atoms with Crippen LogP contribution in [0.5, 0.6) is 0 Å². The second-order valence-corrected chi connectivity index (χ2v) is 2.96. The zero-order valence-corrected chi connectivity index (χ0v) is 6.52. The minimum atomic E-state index is -2.85. The fourth-order valence-electron chi connectivity index (χ4n) is 1.22. The Hall–Kier alpha value is -0.220. The highest BCUT2D eigenvalue weighted by atomic mass is 19.3. The summed E-state index contributed by atoms with van der Waals surface area (Å²) in [7, 11) is 1.31. The molecule has 66 valence electrons. The van der Waals surface area contributed by atoms with Crippen molar-refractivity contribution in [3.63, 3.8) is 0 Å². The van der Waals surface area contributed by atoms with Crippen LogP contribution >= 0.6 is 0 Å². The van der Waals surface area contributed by atoms with Crippen LogP contribution in [-0.4, -0.2) is 25.7 Å². The van der Waals surface area contributed by atoms with Crippen molar-refractivity contribution in [3.05, 3.63) is 0 Å². The molecule has 1 saturated carbocycles. The van der Waals surface area contributed by atoms with Gasteiger partial charge in [-0.25, -0.2) is 8.78 Å². The molecule has 4 heteroatoms. The number of hydrogen-bond acceptors (Lipinski definition) is 2. The number of nitrogens with two attached hydrogens (primary N) is 1. The van der Waals surface area contributed by atoms with Gasteiger partial charge in [0, 0.05) is 7.11 Å². The molecule has 1 unspecified atom stereocenters. The second-order valence-electron chi connectivity index (χ2n) is 2.96. The highest BCUT2D eigenvalue weighted by molar-refractivity contribution is 4.91. The van der Waals surface area contributed by atoms with E-state index >= 15 is 0 Å². The molecule has 1 aliphatic carbocycles. The van der Waals surface area contributed by atoms with Gasteiger partial charge in [0.05, 0.1) is 6.54 Å². The van der Waals surface area contributed by atoms with Crippen molar-refractivity contribution in [1.82, 2.24) is 0 Å². The summed E-state index contributed by atoms with van der Waals surface area (Å²) in [4.78, 5) is 0. The lowest BCUT2D eigenvalue weighted by Gasteiger charge is -2.23. The van der Waals surface area contributed by atoms with Crippen molar-refractivity contribution in [3.8, 4) is 0 Å². The molecule has 0 aromatic rings. The summed E-state index contributed by atoms with van der Waals surface area (Å²) in [6.45, 7) is -0.623. The molecule has 11 heavy (non-hydrogen) atoms. The van der Waals surface area contributed by atoms with Crippen molar-refractivity contribution < 1.29 is 13.5 Å². The Labute approximate surface area is 64.7 Å². The van der Waals surface area contributed by atoms with Crippen LogP contribution in [-0.2, 0) is 4.74 Å². The van der Waals surface area contributed by atoms with Crippen LogP contribution in [0.4, 0.5) is 8.78 Å². The van der Waals surface area contributed by atoms with E-state index in [-0.39, 0.29) is 5.92 Å². The van der Waals surface area contributed by atoms with Crippen molar-refractivity contribution in [2.24, 2.45) is 11.7 Å². The quantitative estimate of drug-likeness (QED) is 0.674. The van der Waals surface area contributed by atoms with Crippen molar-refractivity contribution in [2.75, 3.05) is 13.7 Å². The smallest absolute Gasteiger partial charge is 0.285 e. The first-order valence-corrected chi connectivity index (χ1v) is 3.72. The van der Waals surface area contributed by atoms with Gasteiger partial charge in [-0.3, -0.25) is 0 Å². The number of rotatable bonds is 4. The highest BCUT2D eigenvalue weighted by Crippen LogP contribution is 2.40. The molecule has 2 nitrogen and oxygen atoms in total. The number of ether oxygens (including phenoxy) is 1. The molecule has 0 aliphatic heterocycles. The first-order valence-electron chi connectivity index (χ1n) is 3.72. The Morgan fingerprint density at radius 3 is 2.45 bits per heavy atom. The largest absolute Gasteiger partial charge is 0.375 e. The van der Waals surface area contributed by atoms with Crippen molar-refractivity contribution in [2.45, 2.75) is 24.9 Å². The zero-order chi connectivity index (χ0) is 8.48. The first kappa shape index (κ1) is 8.87. The lowest BCUT2D eigenvalue weighted by molar-refractivity contribution is -0.125. The third-order valence-electron chi connectivity index (χ3n) is 1.99. The summed E-state index contributed by atoms with van der Waals surface area (Å²) in [6, 6.07) is 0. The number of hydrogen-bond donors (Lipinski definition) is 1. The first-order chi connectivity index (χ1) is 5.11. The molecular weight excluding hydrogens is 152 g/mol. The summed E-state index contributed by atoms with van der Waals surface area (Å²) >= 11 is 0. The molecule has 1 rings (SSSR count). The molecule has 0 aromatic heterocycles. The maximum absolute atomic E-state index is 12.9. The summed E-state index contributed by atoms with van der Waals surface area (Å²) in [5.41, 5.74) is 4.92. The molecule has 0 bridgehead atoms. The normalized spacial score (nSPS) is 21.8. The Morgan fingerprint density at radius 2 is 2.18 bits per heavy atom. The van der Waals surface area contributed by atoms with Crippen molar-refractivity contribution in [1.29, 1.82) is 0 Å². The molecule has 2 N–H and O–H groups in total. The molecule has 0 amide bonds. The molecule has 0 radical (unpaired) electrons. The fourth-order valence-corrected chi connectivity index (χ4v) is 1.22. The molecule has 0 saturated heterocycles. The highest BCUT2D eigenvalue weighted by Gasteiger charge is 2.47. The molecule has 1 fully saturated rings. The van der Waals surface area contributed by atoms with Gasteiger partial charge >= 0.3 is 0 Å². The Kier molecular flexibility index (Phi) is 2.44. The third-order valence-corrected chi connectivity index (χ3v) is 1.99. The molecule has 0 spiro atoms. The Balaban J connectivity index is 2.51. The average Bonchev–Trinajstić information content (AvgIpc) is 2.73. The van der Waals surface area contributed by atoms with E-state index in [1.165, 1.54) is 7.11 Å². The standard InChI is InChI=1S/C7H13F2NO/c1-11-6(5-2-3-5)7(8,9)4-10/h5-6H,2-4,10H2,1H3. The van der Waals surface area contributed by atoms with Crippen LogP contribution in [0.25, 0.3) is 0 Å². The van der Waals surface area contributed by atoms with Gasteiger partial charge in [0.25, 0.3) is 5.92 Å². The molecular formula is C7H13F2NO. The van der Waals surface area contributed by atoms with E-state index in [0.717, 1.165) is 12.8 Å². The maximum atomic E-state index is 12.9. The van der Waals surface area contributed by atoms with Gasteiger partial charge in [-0.15, -0.1) is 0 Å². The van der Waals surface area contributed by atoms with Crippen LogP contribution in [0.1, 0.15) is 12.8 Å². The lowest BCUT2D eigenvalue weighted by atomic mass is 10.1. The third kappa shape index (κ3) is 1.87. The number of methoxy groups -OCH3 is 1. The van der Waals surface area contributed by atoms with Gasteiger partial charge < -0.3 is 10.5 Å². The topological polar surface area (TPSA) is 35.2 Å². The van der Waals surface area contributed by atoms with Gasteiger partial charge in [-0.05, 0) is 18.8 Å². The molecule has 1 aliphatic rings. The van der Waals surface area contributed by atoms with E-state index in [1.54, 1.807) is 0 Å². The van der Waals surface area contributed by atoms with Crippen molar-refractivity contribution >= 4 is 0 Å². The van der Waals surface area contributed by atoms with E-state index in [1.807, 2.05) is 0 Å². The average molecular weight is 165 g/mol. The van der Waals surface area contributed by atoms with Crippen LogP contribution in [0.15, 0.2) is 0 Å². The molecule has 0 aromatic carbocycles. The molecule has 1 atom stereocenters. The van der Waals surface area contributed by atoms with Gasteiger partial charge in [0.1, 0.15) is 6.10 Å². The van der Waals surface area contributed by atoms with Gasteiger partial charge in [0.2, 0.25) is 0 Å². The Bertz CT molecular complexity index is 136. The van der Waals surface area contributed by atoms with E-state index in [4.69, 9.17) is 10.5 Å². The summed E-state index contributed by atoms with van der Waals surface area (Å²) in [6.07, 6.45) is 0.717. The fraction of sp³-hybridized carbons (Fsp3) is 1.00. The maximum Gasteiger partial charge on any atom is 0.285 e. The van der Waals surface area contributed by atoms with E-state index in [0.29, 0.717) is 0 Å². The van der Waals surface area contributed by atoms with Gasteiger partial charge in [-0.2, -0.15) is 0 Å². The Morgan fingerprint density at radius 1 is 1.64 bits per heavy atom. The van der Waals surface area contributed by atoms with Crippen LogP contribution in [0.3, 0.4) is 0 Å². The van der Waals surface area contributed by atoms with Gasteiger partial charge in [-0.1, -0.05) is 0 Å².